The third-order valence-electron chi connectivity index (χ3n) is 2.53. The zero-order valence-corrected chi connectivity index (χ0v) is 6.73. The molecule has 1 saturated carbocycles. The summed E-state index contributed by atoms with van der Waals surface area (Å²) in [7, 11) is 0. The molecule has 0 saturated heterocycles. The summed E-state index contributed by atoms with van der Waals surface area (Å²) in [4.78, 5) is 0. The Kier molecular flexibility index (Phi) is 3.81. The second-order valence-corrected chi connectivity index (χ2v) is 3.40. The maximum atomic E-state index is 7.11. The van der Waals surface area contributed by atoms with Crippen molar-refractivity contribution in [3.63, 3.8) is 0 Å². The monoisotopic (exact) mass is 140 g/mol. The van der Waals surface area contributed by atoms with Crippen molar-refractivity contribution >= 4 is 0 Å². The standard InChI is InChI=1S/C9H18N/c10-8-7-9-5-3-1-2-4-6-9/h9-10H,1-8H2. The maximum Gasteiger partial charge on any atom is 0.0102 e. The van der Waals surface area contributed by atoms with Crippen LogP contribution >= 0.6 is 0 Å². The third-order valence-corrected chi connectivity index (χ3v) is 2.53. The molecule has 10 heavy (non-hydrogen) atoms. The van der Waals surface area contributed by atoms with Crippen LogP contribution in [0.15, 0.2) is 0 Å². The van der Waals surface area contributed by atoms with Crippen molar-refractivity contribution in [3.8, 4) is 0 Å². The van der Waals surface area contributed by atoms with E-state index in [0.717, 1.165) is 12.3 Å². The van der Waals surface area contributed by atoms with E-state index >= 15 is 0 Å². The Morgan fingerprint density at radius 1 is 1.00 bits per heavy atom. The highest BCUT2D eigenvalue weighted by molar-refractivity contribution is 4.64. The van der Waals surface area contributed by atoms with Gasteiger partial charge >= 0.3 is 0 Å². The van der Waals surface area contributed by atoms with Crippen LogP contribution in [0.4, 0.5) is 0 Å². The van der Waals surface area contributed by atoms with Crippen molar-refractivity contribution in [3.05, 3.63) is 0 Å². The summed E-state index contributed by atoms with van der Waals surface area (Å²) in [6.45, 7) is 0.644. The first-order chi connectivity index (χ1) is 4.93. The highest BCUT2D eigenvalue weighted by atomic mass is 14.5. The molecular formula is C9H18N. The molecule has 0 amide bonds. The zero-order chi connectivity index (χ0) is 7.23. The number of hydrogen-bond donors (Lipinski definition) is 0. The van der Waals surface area contributed by atoms with Crippen LogP contribution in [0.25, 0.3) is 0 Å². The first-order valence-electron chi connectivity index (χ1n) is 4.58. The van der Waals surface area contributed by atoms with Gasteiger partial charge in [-0.3, -0.25) is 5.73 Å². The van der Waals surface area contributed by atoms with Gasteiger partial charge in [0.15, 0.2) is 0 Å². The predicted octanol–water partition coefficient (Wildman–Crippen LogP) is 2.63. The van der Waals surface area contributed by atoms with Gasteiger partial charge in [-0.15, -0.1) is 0 Å². The van der Waals surface area contributed by atoms with Gasteiger partial charge in [-0.25, -0.2) is 0 Å². The van der Waals surface area contributed by atoms with Gasteiger partial charge in [-0.05, 0) is 12.3 Å². The minimum Gasteiger partial charge on any atom is -0.258 e. The Morgan fingerprint density at radius 3 is 2.10 bits per heavy atom. The van der Waals surface area contributed by atoms with Gasteiger partial charge < -0.3 is 0 Å². The van der Waals surface area contributed by atoms with E-state index in [1.54, 1.807) is 0 Å². The normalized spacial score (nSPS) is 22.5. The fraction of sp³-hybridized carbons (Fsp3) is 1.00. The number of hydrogen-bond acceptors (Lipinski definition) is 0. The second kappa shape index (κ2) is 4.73. The fourth-order valence-electron chi connectivity index (χ4n) is 1.86. The van der Waals surface area contributed by atoms with Crippen molar-refractivity contribution in [1.29, 1.82) is 0 Å². The van der Waals surface area contributed by atoms with Crippen LogP contribution in [0.3, 0.4) is 0 Å². The summed E-state index contributed by atoms with van der Waals surface area (Å²) in [6.07, 6.45) is 9.68. The van der Waals surface area contributed by atoms with Crippen LogP contribution < -0.4 is 5.73 Å². The van der Waals surface area contributed by atoms with E-state index < -0.39 is 0 Å². The molecule has 0 aliphatic heterocycles. The zero-order valence-electron chi connectivity index (χ0n) is 6.73. The van der Waals surface area contributed by atoms with Gasteiger partial charge in [-0.1, -0.05) is 38.5 Å². The highest BCUT2D eigenvalue weighted by Crippen LogP contribution is 2.24. The quantitative estimate of drug-likeness (QED) is 0.526. The minimum absolute atomic E-state index is 0.644. The SMILES string of the molecule is [NH]CCC1CCCCCC1. The van der Waals surface area contributed by atoms with E-state index in [2.05, 4.69) is 0 Å². The predicted molar refractivity (Wildman–Crippen MR) is 43.8 cm³/mol. The van der Waals surface area contributed by atoms with Gasteiger partial charge in [0.05, 0.1) is 0 Å². The van der Waals surface area contributed by atoms with Crippen LogP contribution in [0.1, 0.15) is 44.9 Å². The molecule has 1 aliphatic carbocycles. The fourth-order valence-corrected chi connectivity index (χ4v) is 1.86. The molecule has 1 aliphatic rings. The van der Waals surface area contributed by atoms with Crippen LogP contribution in [-0.2, 0) is 0 Å². The molecule has 1 N–H and O–H groups in total. The number of rotatable bonds is 2. The average Bonchev–Trinajstić information content (AvgIpc) is 2.17. The molecule has 1 rings (SSSR count). The Hall–Kier alpha value is -0.0400. The summed E-state index contributed by atoms with van der Waals surface area (Å²) in [5.41, 5.74) is 7.11. The summed E-state index contributed by atoms with van der Waals surface area (Å²) < 4.78 is 0. The first-order valence-corrected chi connectivity index (χ1v) is 4.58. The molecule has 1 nitrogen and oxygen atoms in total. The lowest BCUT2D eigenvalue weighted by Crippen LogP contribution is -2.01. The van der Waals surface area contributed by atoms with Gasteiger partial charge in [0.1, 0.15) is 0 Å². The van der Waals surface area contributed by atoms with Crippen molar-refractivity contribution in [1.82, 2.24) is 5.73 Å². The minimum atomic E-state index is 0.644. The molecule has 0 aromatic heterocycles. The number of nitrogens with one attached hydrogen (secondary N) is 1. The van der Waals surface area contributed by atoms with Gasteiger partial charge in [0, 0.05) is 6.54 Å². The van der Waals surface area contributed by atoms with Crippen molar-refractivity contribution < 1.29 is 0 Å². The molecule has 0 bridgehead atoms. The van der Waals surface area contributed by atoms with Crippen LogP contribution in [0.2, 0.25) is 0 Å². The van der Waals surface area contributed by atoms with Crippen molar-refractivity contribution in [2.75, 3.05) is 6.54 Å². The van der Waals surface area contributed by atoms with Crippen LogP contribution in [0, 0.1) is 5.92 Å². The smallest absolute Gasteiger partial charge is 0.0102 e. The van der Waals surface area contributed by atoms with E-state index in [-0.39, 0.29) is 0 Å². The van der Waals surface area contributed by atoms with Crippen LogP contribution in [-0.4, -0.2) is 6.54 Å². The van der Waals surface area contributed by atoms with Gasteiger partial charge in [0.25, 0.3) is 0 Å². The van der Waals surface area contributed by atoms with E-state index in [0.29, 0.717) is 6.54 Å². The van der Waals surface area contributed by atoms with Crippen molar-refractivity contribution in [2.45, 2.75) is 44.9 Å². The lowest BCUT2D eigenvalue weighted by molar-refractivity contribution is 0.432. The van der Waals surface area contributed by atoms with E-state index in [1.165, 1.54) is 38.5 Å². The molecule has 0 aromatic carbocycles. The summed E-state index contributed by atoms with van der Waals surface area (Å²) in [5, 5.41) is 0. The topological polar surface area (TPSA) is 23.8 Å². The Labute approximate surface area is 64.0 Å². The molecule has 1 heteroatoms. The lowest BCUT2D eigenvalue weighted by atomic mass is 9.97. The maximum absolute atomic E-state index is 7.11. The average molecular weight is 140 g/mol. The second-order valence-electron chi connectivity index (χ2n) is 3.40. The molecule has 1 fully saturated rings. The molecule has 0 aromatic rings. The Morgan fingerprint density at radius 2 is 1.60 bits per heavy atom. The molecule has 0 atom stereocenters. The third kappa shape index (κ3) is 2.70. The Bertz CT molecular complexity index is 72.8. The molecule has 1 radical (unpaired) electrons. The molecule has 0 heterocycles. The largest absolute Gasteiger partial charge is 0.258 e. The van der Waals surface area contributed by atoms with Crippen LogP contribution in [0.5, 0.6) is 0 Å². The van der Waals surface area contributed by atoms with E-state index in [1.807, 2.05) is 0 Å². The molecule has 0 unspecified atom stereocenters. The molecule has 0 spiro atoms. The van der Waals surface area contributed by atoms with Crippen molar-refractivity contribution in [2.24, 2.45) is 5.92 Å². The highest BCUT2D eigenvalue weighted by Gasteiger charge is 2.10. The molecule has 59 valence electrons. The van der Waals surface area contributed by atoms with E-state index in [4.69, 9.17) is 5.73 Å². The Balaban J connectivity index is 2.15. The van der Waals surface area contributed by atoms with Gasteiger partial charge in [-0.2, -0.15) is 0 Å². The lowest BCUT2D eigenvalue weighted by Gasteiger charge is -2.10. The summed E-state index contributed by atoms with van der Waals surface area (Å²) in [6, 6.07) is 0. The van der Waals surface area contributed by atoms with Gasteiger partial charge in [0.2, 0.25) is 0 Å². The van der Waals surface area contributed by atoms with E-state index in [9.17, 15) is 0 Å². The summed E-state index contributed by atoms with van der Waals surface area (Å²) in [5.74, 6) is 0.903. The first kappa shape index (κ1) is 8.06. The molecular weight excluding hydrogens is 122 g/mol. The summed E-state index contributed by atoms with van der Waals surface area (Å²) >= 11 is 0.